The maximum atomic E-state index is 10.1. The number of aromatic hydroxyl groups is 1. The molecule has 3 N–H and O–H groups in total. The zero-order valence-electron chi connectivity index (χ0n) is 13.2. The van der Waals surface area contributed by atoms with Gasteiger partial charge in [-0.05, 0) is 72.6 Å². The van der Waals surface area contributed by atoms with Gasteiger partial charge in [0.15, 0.2) is 0 Å². The van der Waals surface area contributed by atoms with E-state index in [1.807, 2.05) is 17.4 Å². The molecule has 118 valence electrons. The van der Waals surface area contributed by atoms with E-state index in [2.05, 4.69) is 30.5 Å². The second kappa shape index (κ2) is 6.74. The van der Waals surface area contributed by atoms with Gasteiger partial charge in [0.25, 0.3) is 0 Å². The van der Waals surface area contributed by atoms with Crippen molar-refractivity contribution in [2.45, 2.75) is 51.4 Å². The summed E-state index contributed by atoms with van der Waals surface area (Å²) in [6, 6.07) is 8.41. The van der Waals surface area contributed by atoms with Crippen LogP contribution < -0.4 is 5.73 Å². The van der Waals surface area contributed by atoms with Crippen molar-refractivity contribution < 1.29 is 5.11 Å². The minimum Gasteiger partial charge on any atom is -0.505 e. The fourth-order valence-corrected chi connectivity index (χ4v) is 4.66. The number of anilines is 1. The number of fused-ring (bicyclic) bond motifs is 1. The molecular formula is C19H25NOS. The summed E-state index contributed by atoms with van der Waals surface area (Å²) >= 11 is 1.89. The van der Waals surface area contributed by atoms with Gasteiger partial charge in [-0.25, -0.2) is 0 Å². The summed E-state index contributed by atoms with van der Waals surface area (Å²) in [4.78, 5) is 1.54. The maximum Gasteiger partial charge on any atom is 0.141 e. The Morgan fingerprint density at radius 3 is 2.95 bits per heavy atom. The molecule has 0 spiro atoms. The minimum atomic E-state index is 0.319. The molecule has 1 heterocycles. The van der Waals surface area contributed by atoms with E-state index < -0.39 is 0 Å². The standard InChI is InChI=1S/C19H25NOS/c1-2-4-15(18-5-3-10-22-18)12-13-6-8-16-14(11-13)7-9-17(20)19(16)21/h3,5,7,9-10,13,15,21H,2,4,6,8,11-12,20H2,1H3/t13-,15?/m0/s1. The summed E-state index contributed by atoms with van der Waals surface area (Å²) in [6.07, 6.45) is 6.98. The number of hydrogen-bond donors (Lipinski definition) is 2. The van der Waals surface area contributed by atoms with Crippen molar-refractivity contribution in [2.24, 2.45) is 5.92 Å². The van der Waals surface area contributed by atoms with E-state index >= 15 is 0 Å². The Hall–Kier alpha value is -1.48. The van der Waals surface area contributed by atoms with Crippen LogP contribution in [0.5, 0.6) is 5.75 Å². The molecule has 0 saturated carbocycles. The molecule has 1 aliphatic carbocycles. The highest BCUT2D eigenvalue weighted by molar-refractivity contribution is 7.10. The number of hydrogen-bond acceptors (Lipinski definition) is 3. The predicted octanol–water partition coefficient (Wildman–Crippen LogP) is 5.11. The van der Waals surface area contributed by atoms with E-state index in [0.717, 1.165) is 24.8 Å². The van der Waals surface area contributed by atoms with E-state index in [1.54, 1.807) is 0 Å². The average molecular weight is 315 g/mol. The fourth-order valence-electron chi connectivity index (χ4n) is 3.78. The molecule has 0 bridgehead atoms. The molecular weight excluding hydrogens is 290 g/mol. The first kappa shape index (κ1) is 15.4. The lowest BCUT2D eigenvalue weighted by molar-refractivity contribution is 0.373. The quantitative estimate of drug-likeness (QED) is 0.594. The van der Waals surface area contributed by atoms with Gasteiger partial charge in [-0.1, -0.05) is 25.5 Å². The van der Waals surface area contributed by atoms with Crippen LogP contribution in [0.2, 0.25) is 0 Å². The number of phenolic OH excluding ortho intramolecular Hbond substituents is 1. The van der Waals surface area contributed by atoms with Crippen molar-refractivity contribution in [1.29, 1.82) is 0 Å². The Morgan fingerprint density at radius 2 is 2.23 bits per heavy atom. The average Bonchev–Trinajstić information content (AvgIpc) is 3.05. The van der Waals surface area contributed by atoms with Crippen molar-refractivity contribution >= 4 is 17.0 Å². The van der Waals surface area contributed by atoms with Gasteiger partial charge in [0.1, 0.15) is 5.75 Å². The van der Waals surface area contributed by atoms with Crippen LogP contribution in [-0.4, -0.2) is 5.11 Å². The Kier molecular flexibility index (Phi) is 4.72. The maximum absolute atomic E-state index is 10.1. The van der Waals surface area contributed by atoms with Gasteiger partial charge >= 0.3 is 0 Å². The third kappa shape index (κ3) is 3.14. The van der Waals surface area contributed by atoms with Crippen LogP contribution in [-0.2, 0) is 12.8 Å². The van der Waals surface area contributed by atoms with Gasteiger partial charge in [-0.2, -0.15) is 0 Å². The second-order valence-corrected chi connectivity index (χ2v) is 7.47. The van der Waals surface area contributed by atoms with Crippen molar-refractivity contribution in [3.05, 3.63) is 45.6 Å². The zero-order valence-corrected chi connectivity index (χ0v) is 14.0. The molecule has 1 aliphatic rings. The van der Waals surface area contributed by atoms with Crippen LogP contribution in [0, 0.1) is 5.92 Å². The Morgan fingerprint density at radius 1 is 1.36 bits per heavy atom. The first-order chi connectivity index (χ1) is 10.7. The molecule has 0 fully saturated rings. The molecule has 3 heteroatoms. The van der Waals surface area contributed by atoms with Gasteiger partial charge in [-0.15, -0.1) is 11.3 Å². The molecule has 1 aromatic carbocycles. The number of benzene rings is 1. The van der Waals surface area contributed by atoms with Crippen LogP contribution in [0.25, 0.3) is 0 Å². The number of nitrogen functional groups attached to an aromatic ring is 1. The summed E-state index contributed by atoms with van der Waals surface area (Å²) in [5, 5.41) is 12.3. The van der Waals surface area contributed by atoms with E-state index in [9.17, 15) is 5.11 Å². The topological polar surface area (TPSA) is 46.2 Å². The van der Waals surface area contributed by atoms with Crippen molar-refractivity contribution in [3.8, 4) is 5.75 Å². The van der Waals surface area contributed by atoms with Crippen LogP contribution in [0.4, 0.5) is 5.69 Å². The van der Waals surface area contributed by atoms with E-state index in [-0.39, 0.29) is 0 Å². The van der Waals surface area contributed by atoms with Gasteiger partial charge < -0.3 is 10.8 Å². The van der Waals surface area contributed by atoms with E-state index in [0.29, 0.717) is 23.3 Å². The molecule has 2 nitrogen and oxygen atoms in total. The highest BCUT2D eigenvalue weighted by Crippen LogP contribution is 2.40. The second-order valence-electron chi connectivity index (χ2n) is 6.49. The van der Waals surface area contributed by atoms with Gasteiger partial charge in [0.05, 0.1) is 5.69 Å². The molecule has 0 radical (unpaired) electrons. The highest BCUT2D eigenvalue weighted by Gasteiger charge is 2.25. The molecule has 1 unspecified atom stereocenters. The van der Waals surface area contributed by atoms with Gasteiger partial charge in [-0.3, -0.25) is 0 Å². The summed E-state index contributed by atoms with van der Waals surface area (Å²) in [7, 11) is 0. The molecule has 0 amide bonds. The first-order valence-electron chi connectivity index (χ1n) is 8.31. The molecule has 2 atom stereocenters. The van der Waals surface area contributed by atoms with Gasteiger partial charge in [0.2, 0.25) is 0 Å². The SMILES string of the molecule is CCCC(C[C@H]1CCc2c(ccc(N)c2O)C1)c1cccs1. The van der Waals surface area contributed by atoms with Crippen LogP contribution >= 0.6 is 11.3 Å². The molecule has 0 aliphatic heterocycles. The zero-order chi connectivity index (χ0) is 15.5. The molecule has 2 aromatic rings. The lowest BCUT2D eigenvalue weighted by Gasteiger charge is -2.28. The van der Waals surface area contributed by atoms with E-state index in [1.165, 1.54) is 29.7 Å². The normalized spacial score (nSPS) is 18.9. The summed E-state index contributed by atoms with van der Waals surface area (Å²) < 4.78 is 0. The molecule has 22 heavy (non-hydrogen) atoms. The summed E-state index contributed by atoms with van der Waals surface area (Å²) in [5.74, 6) is 1.73. The van der Waals surface area contributed by atoms with Crippen molar-refractivity contribution in [1.82, 2.24) is 0 Å². The Bertz CT molecular complexity index is 621. The monoisotopic (exact) mass is 315 g/mol. The smallest absolute Gasteiger partial charge is 0.141 e. The Labute approximate surface area is 137 Å². The lowest BCUT2D eigenvalue weighted by atomic mass is 9.78. The minimum absolute atomic E-state index is 0.319. The fraction of sp³-hybridized carbons (Fsp3) is 0.474. The number of phenols is 1. The lowest BCUT2D eigenvalue weighted by Crippen LogP contribution is -2.17. The third-order valence-corrected chi connectivity index (χ3v) is 5.96. The van der Waals surface area contributed by atoms with Crippen LogP contribution in [0.3, 0.4) is 0 Å². The first-order valence-corrected chi connectivity index (χ1v) is 9.19. The van der Waals surface area contributed by atoms with Gasteiger partial charge in [0, 0.05) is 4.88 Å². The largest absolute Gasteiger partial charge is 0.505 e. The number of thiophene rings is 1. The predicted molar refractivity (Wildman–Crippen MR) is 94.6 cm³/mol. The highest BCUT2D eigenvalue weighted by atomic mass is 32.1. The molecule has 0 saturated heterocycles. The number of nitrogens with two attached hydrogens (primary N) is 1. The number of rotatable bonds is 5. The molecule has 1 aromatic heterocycles. The van der Waals surface area contributed by atoms with Crippen LogP contribution in [0.15, 0.2) is 29.6 Å². The summed E-state index contributed by atoms with van der Waals surface area (Å²) in [5.41, 5.74) is 8.71. The van der Waals surface area contributed by atoms with Crippen LogP contribution in [0.1, 0.15) is 54.5 Å². The van der Waals surface area contributed by atoms with E-state index in [4.69, 9.17) is 5.73 Å². The van der Waals surface area contributed by atoms with Crippen molar-refractivity contribution in [2.75, 3.05) is 5.73 Å². The Balaban J connectivity index is 1.73. The summed E-state index contributed by atoms with van der Waals surface area (Å²) in [6.45, 7) is 2.28. The third-order valence-electron chi connectivity index (χ3n) is 4.92. The molecule has 3 rings (SSSR count). The van der Waals surface area contributed by atoms with Crippen molar-refractivity contribution in [3.63, 3.8) is 0 Å².